The van der Waals surface area contributed by atoms with E-state index in [1.165, 1.54) is 12.1 Å². The molecule has 2 atom stereocenters. The Morgan fingerprint density at radius 2 is 2.17 bits per heavy atom. The highest BCUT2D eigenvalue weighted by Gasteiger charge is 2.30. The molecule has 2 unspecified atom stereocenters. The molecule has 0 spiro atoms. The van der Waals surface area contributed by atoms with E-state index >= 15 is 0 Å². The highest BCUT2D eigenvalue weighted by Crippen LogP contribution is 2.31. The lowest BCUT2D eigenvalue weighted by Gasteiger charge is -2.20. The second-order valence-electron chi connectivity index (χ2n) is 4.57. The molecule has 18 heavy (non-hydrogen) atoms. The van der Waals surface area contributed by atoms with Crippen LogP contribution in [-0.4, -0.2) is 17.5 Å². The van der Waals surface area contributed by atoms with E-state index in [0.29, 0.717) is 11.6 Å². The van der Waals surface area contributed by atoms with Crippen molar-refractivity contribution in [2.45, 2.75) is 31.6 Å². The van der Waals surface area contributed by atoms with Gasteiger partial charge >= 0.3 is 6.18 Å². The molecule has 0 aliphatic carbocycles. The van der Waals surface area contributed by atoms with Crippen LogP contribution in [0.5, 0.6) is 0 Å². The number of halogens is 3. The van der Waals surface area contributed by atoms with Gasteiger partial charge < -0.3 is 5.32 Å². The first-order valence-electron chi connectivity index (χ1n) is 5.98. The molecule has 1 fully saturated rings. The summed E-state index contributed by atoms with van der Waals surface area (Å²) in [5.41, 5.74) is 0.121. The third-order valence-corrected chi connectivity index (χ3v) is 4.29. The van der Waals surface area contributed by atoms with E-state index in [4.69, 9.17) is 0 Å². The lowest BCUT2D eigenvalue weighted by Crippen LogP contribution is -2.31. The fraction of sp³-hybridized carbons (Fsp3) is 0.538. The molecule has 2 rings (SSSR count). The van der Waals surface area contributed by atoms with Crippen LogP contribution in [0.4, 0.5) is 13.2 Å². The van der Waals surface area contributed by atoms with Gasteiger partial charge in [-0.05, 0) is 36.8 Å². The maximum absolute atomic E-state index is 12.6. The Balaban J connectivity index is 2.07. The van der Waals surface area contributed by atoms with Crippen molar-refractivity contribution < 1.29 is 13.2 Å². The molecule has 1 heterocycles. The molecule has 0 radical (unpaired) electrons. The van der Waals surface area contributed by atoms with Gasteiger partial charge in [-0.1, -0.05) is 12.1 Å². The highest BCUT2D eigenvalue weighted by molar-refractivity contribution is 7.99. The van der Waals surface area contributed by atoms with Crippen molar-refractivity contribution in [2.24, 2.45) is 0 Å². The molecular formula is C13H16F3NS. The van der Waals surface area contributed by atoms with Gasteiger partial charge in [0, 0.05) is 17.8 Å². The Labute approximate surface area is 109 Å². The predicted octanol–water partition coefficient (Wildman–Crippen LogP) is 3.86. The molecule has 1 aromatic carbocycles. The van der Waals surface area contributed by atoms with E-state index in [1.54, 1.807) is 6.07 Å². The van der Waals surface area contributed by atoms with Crippen LogP contribution in [0.15, 0.2) is 24.3 Å². The lowest BCUT2D eigenvalue weighted by atomic mass is 10.0. The van der Waals surface area contributed by atoms with Gasteiger partial charge in [0.15, 0.2) is 0 Å². The molecule has 0 bridgehead atoms. The highest BCUT2D eigenvalue weighted by atomic mass is 32.2. The molecule has 0 aromatic heterocycles. The molecule has 0 amide bonds. The van der Waals surface area contributed by atoms with Crippen LogP contribution < -0.4 is 5.32 Å². The first kappa shape index (κ1) is 13.7. The van der Waals surface area contributed by atoms with E-state index in [9.17, 15) is 13.2 Å². The number of hydrogen-bond acceptors (Lipinski definition) is 2. The van der Waals surface area contributed by atoms with Crippen molar-refractivity contribution >= 4 is 11.8 Å². The van der Waals surface area contributed by atoms with Gasteiger partial charge in [-0.15, -0.1) is 0 Å². The minimum atomic E-state index is -4.26. The molecule has 1 saturated heterocycles. The Morgan fingerprint density at radius 3 is 2.78 bits per heavy atom. The average molecular weight is 275 g/mol. The molecule has 1 aromatic rings. The minimum Gasteiger partial charge on any atom is -0.307 e. The second-order valence-corrected chi connectivity index (χ2v) is 5.72. The van der Waals surface area contributed by atoms with Gasteiger partial charge in [0.05, 0.1) is 5.56 Å². The molecule has 1 nitrogen and oxygen atoms in total. The van der Waals surface area contributed by atoms with Crippen LogP contribution in [-0.2, 0) is 6.18 Å². The maximum Gasteiger partial charge on any atom is 0.416 e. The van der Waals surface area contributed by atoms with Crippen molar-refractivity contribution in [1.82, 2.24) is 5.32 Å². The largest absolute Gasteiger partial charge is 0.416 e. The number of thioether (sulfide) groups is 1. The monoisotopic (exact) mass is 275 g/mol. The standard InChI is InChI=1S/C13H16F3NS/c1-9(17-12-5-6-18-8-12)10-3-2-4-11(7-10)13(14,15)16/h2-4,7,9,12,17H,5-6,8H2,1H3. The SMILES string of the molecule is CC(NC1CCSC1)c1cccc(C(F)(F)F)c1. The van der Waals surface area contributed by atoms with Gasteiger partial charge in [0.25, 0.3) is 0 Å². The zero-order valence-electron chi connectivity index (χ0n) is 10.1. The zero-order valence-corrected chi connectivity index (χ0v) is 10.9. The molecule has 100 valence electrons. The minimum absolute atomic E-state index is 0.0454. The number of hydrogen-bond donors (Lipinski definition) is 1. The predicted molar refractivity (Wildman–Crippen MR) is 68.7 cm³/mol. The first-order chi connectivity index (χ1) is 8.47. The summed E-state index contributed by atoms with van der Waals surface area (Å²) in [4.78, 5) is 0. The van der Waals surface area contributed by atoms with Crippen LogP contribution in [0.1, 0.15) is 30.5 Å². The molecule has 1 N–H and O–H groups in total. The summed E-state index contributed by atoms with van der Waals surface area (Å²) >= 11 is 1.88. The van der Waals surface area contributed by atoms with E-state index < -0.39 is 11.7 Å². The number of rotatable bonds is 3. The van der Waals surface area contributed by atoms with E-state index in [2.05, 4.69) is 5.32 Å². The van der Waals surface area contributed by atoms with Crippen molar-refractivity contribution in [3.05, 3.63) is 35.4 Å². The smallest absolute Gasteiger partial charge is 0.307 e. The summed E-state index contributed by atoms with van der Waals surface area (Å²) in [5, 5.41) is 3.39. The quantitative estimate of drug-likeness (QED) is 0.899. The van der Waals surface area contributed by atoms with Gasteiger partial charge in [-0.2, -0.15) is 24.9 Å². The zero-order chi connectivity index (χ0) is 13.2. The Bertz CT molecular complexity index is 399. The fourth-order valence-corrected chi connectivity index (χ4v) is 3.27. The third kappa shape index (κ3) is 3.42. The lowest BCUT2D eigenvalue weighted by molar-refractivity contribution is -0.137. The van der Waals surface area contributed by atoms with Crippen LogP contribution >= 0.6 is 11.8 Å². The molecule has 5 heteroatoms. The Morgan fingerprint density at radius 1 is 1.39 bits per heavy atom. The molecular weight excluding hydrogens is 259 g/mol. The Kier molecular flexibility index (Phi) is 4.22. The summed E-state index contributed by atoms with van der Waals surface area (Å²) in [7, 11) is 0. The maximum atomic E-state index is 12.6. The van der Waals surface area contributed by atoms with Gasteiger partial charge in [0.2, 0.25) is 0 Å². The third-order valence-electron chi connectivity index (χ3n) is 3.13. The van der Waals surface area contributed by atoms with Crippen molar-refractivity contribution in [1.29, 1.82) is 0 Å². The molecule has 0 saturated carbocycles. The van der Waals surface area contributed by atoms with E-state index in [-0.39, 0.29) is 6.04 Å². The average Bonchev–Trinajstić information content (AvgIpc) is 2.81. The number of alkyl halides is 3. The van der Waals surface area contributed by atoms with E-state index in [0.717, 1.165) is 24.0 Å². The van der Waals surface area contributed by atoms with Crippen molar-refractivity contribution in [2.75, 3.05) is 11.5 Å². The van der Waals surface area contributed by atoms with Gasteiger partial charge in [-0.25, -0.2) is 0 Å². The van der Waals surface area contributed by atoms with Gasteiger partial charge in [-0.3, -0.25) is 0 Å². The van der Waals surface area contributed by atoms with Crippen LogP contribution in [0, 0.1) is 0 Å². The topological polar surface area (TPSA) is 12.0 Å². The van der Waals surface area contributed by atoms with Crippen molar-refractivity contribution in [3.8, 4) is 0 Å². The first-order valence-corrected chi connectivity index (χ1v) is 7.13. The van der Waals surface area contributed by atoms with E-state index in [1.807, 2.05) is 18.7 Å². The summed E-state index contributed by atoms with van der Waals surface area (Å²) < 4.78 is 37.8. The number of benzene rings is 1. The van der Waals surface area contributed by atoms with Crippen molar-refractivity contribution in [3.63, 3.8) is 0 Å². The summed E-state index contributed by atoms with van der Waals surface area (Å²) in [6, 6.07) is 5.94. The van der Waals surface area contributed by atoms with Crippen LogP contribution in [0.2, 0.25) is 0 Å². The fourth-order valence-electron chi connectivity index (χ4n) is 2.10. The second kappa shape index (κ2) is 5.53. The summed E-state index contributed by atoms with van der Waals surface area (Å²) in [6.07, 6.45) is -3.17. The molecule has 1 aliphatic heterocycles. The van der Waals surface area contributed by atoms with Gasteiger partial charge in [0.1, 0.15) is 0 Å². The Hall–Kier alpha value is -0.680. The molecule has 1 aliphatic rings. The van der Waals surface area contributed by atoms with Crippen LogP contribution in [0.3, 0.4) is 0 Å². The summed E-state index contributed by atoms with van der Waals surface area (Å²) in [5.74, 6) is 2.18. The normalized spacial score (nSPS) is 22.1. The summed E-state index contributed by atoms with van der Waals surface area (Å²) in [6.45, 7) is 1.92. The van der Waals surface area contributed by atoms with Crippen LogP contribution in [0.25, 0.3) is 0 Å². The number of nitrogens with one attached hydrogen (secondary N) is 1.